The van der Waals surface area contributed by atoms with E-state index in [2.05, 4.69) is 6.07 Å². The molecule has 0 amide bonds. The fourth-order valence-electron chi connectivity index (χ4n) is 4.64. The maximum absolute atomic E-state index is 6.42. The molecule has 7 heteroatoms. The van der Waals surface area contributed by atoms with Gasteiger partial charge < -0.3 is 15.9 Å². The number of fused-ring (bicyclic) bond motifs is 2. The summed E-state index contributed by atoms with van der Waals surface area (Å²) >= 11 is 0. The molecule has 1 atom stereocenters. The molecule has 0 saturated carbocycles. The van der Waals surface area contributed by atoms with E-state index in [1.165, 1.54) is 0 Å². The van der Waals surface area contributed by atoms with Crippen molar-refractivity contribution in [1.29, 1.82) is 0 Å². The van der Waals surface area contributed by atoms with Crippen molar-refractivity contribution < 1.29 is 4.42 Å². The summed E-state index contributed by atoms with van der Waals surface area (Å²) in [5.41, 5.74) is 17.8. The summed E-state index contributed by atoms with van der Waals surface area (Å²) in [5, 5.41) is 7.58. The van der Waals surface area contributed by atoms with Crippen LogP contribution in [0.4, 0.5) is 11.5 Å². The zero-order chi connectivity index (χ0) is 24.1. The molecule has 0 aliphatic heterocycles. The molecule has 0 fully saturated rings. The van der Waals surface area contributed by atoms with E-state index >= 15 is 0 Å². The molecule has 6 rings (SSSR count). The number of nitrogen functional groups attached to an aromatic ring is 2. The molecule has 0 aliphatic rings. The van der Waals surface area contributed by atoms with Gasteiger partial charge in [-0.15, -0.1) is 0 Å². The first-order chi connectivity index (χ1) is 17.0. The molecule has 0 aliphatic carbocycles. The van der Waals surface area contributed by atoms with Gasteiger partial charge in [0.1, 0.15) is 17.2 Å². The Balaban J connectivity index is 1.60. The first kappa shape index (κ1) is 20.9. The van der Waals surface area contributed by atoms with E-state index in [1.807, 2.05) is 85.4 Å². The van der Waals surface area contributed by atoms with Crippen molar-refractivity contribution in [1.82, 2.24) is 19.7 Å². The van der Waals surface area contributed by atoms with Crippen LogP contribution in [-0.4, -0.2) is 19.7 Å². The van der Waals surface area contributed by atoms with Crippen molar-refractivity contribution in [3.8, 4) is 11.4 Å². The number of aryl methyl sites for hydroxylation is 2. The van der Waals surface area contributed by atoms with E-state index < -0.39 is 0 Å². The second-order valence-electron chi connectivity index (χ2n) is 8.80. The van der Waals surface area contributed by atoms with Gasteiger partial charge in [-0.1, -0.05) is 36.4 Å². The highest BCUT2D eigenvalue weighted by molar-refractivity contribution is 5.93. The van der Waals surface area contributed by atoms with Crippen molar-refractivity contribution >= 4 is 33.2 Å². The maximum Gasteiger partial charge on any atom is 0.181 e. The Hall–Kier alpha value is -4.65. The molecular formula is C28H24N6O. The quantitative estimate of drug-likeness (QED) is 0.340. The maximum atomic E-state index is 6.42. The molecule has 4 N–H and O–H groups in total. The van der Waals surface area contributed by atoms with E-state index in [1.54, 1.807) is 6.26 Å². The molecule has 1 unspecified atom stereocenters. The largest absolute Gasteiger partial charge is 0.464 e. The zero-order valence-corrected chi connectivity index (χ0v) is 19.4. The van der Waals surface area contributed by atoms with Crippen molar-refractivity contribution in [3.63, 3.8) is 0 Å². The van der Waals surface area contributed by atoms with E-state index in [0.29, 0.717) is 17.3 Å². The summed E-state index contributed by atoms with van der Waals surface area (Å²) < 4.78 is 7.51. The summed E-state index contributed by atoms with van der Waals surface area (Å²) in [7, 11) is 1.91. The van der Waals surface area contributed by atoms with Crippen LogP contribution < -0.4 is 11.5 Å². The average Bonchev–Trinajstić information content (AvgIpc) is 3.42. The molecule has 172 valence electrons. The van der Waals surface area contributed by atoms with Gasteiger partial charge >= 0.3 is 0 Å². The molecule has 3 aromatic carbocycles. The lowest BCUT2D eigenvalue weighted by Crippen LogP contribution is -2.13. The van der Waals surface area contributed by atoms with E-state index in [4.69, 9.17) is 31.0 Å². The number of benzene rings is 3. The highest BCUT2D eigenvalue weighted by Crippen LogP contribution is 2.36. The molecule has 6 aromatic rings. The van der Waals surface area contributed by atoms with Crippen molar-refractivity contribution in [2.75, 3.05) is 11.5 Å². The van der Waals surface area contributed by atoms with Gasteiger partial charge in [0.15, 0.2) is 5.82 Å². The van der Waals surface area contributed by atoms with Crippen molar-refractivity contribution in [3.05, 3.63) is 102 Å². The summed E-state index contributed by atoms with van der Waals surface area (Å²) in [5.74, 6) is 1.57. The first-order valence-corrected chi connectivity index (χ1v) is 11.4. The van der Waals surface area contributed by atoms with Crippen LogP contribution in [-0.2, 0) is 7.05 Å². The number of nitrogens with two attached hydrogens (primary N) is 2. The lowest BCUT2D eigenvalue weighted by Gasteiger charge is -2.18. The average molecular weight is 461 g/mol. The fraction of sp³-hybridized carbons (Fsp3) is 0.107. The lowest BCUT2D eigenvalue weighted by molar-refractivity contribution is 0.613. The van der Waals surface area contributed by atoms with Crippen molar-refractivity contribution in [2.45, 2.75) is 12.8 Å². The Morgan fingerprint density at radius 3 is 2.54 bits per heavy atom. The Morgan fingerprint density at radius 1 is 0.886 bits per heavy atom. The molecular weight excluding hydrogens is 436 g/mol. The summed E-state index contributed by atoms with van der Waals surface area (Å²) in [4.78, 5) is 9.80. The monoisotopic (exact) mass is 460 g/mol. The van der Waals surface area contributed by atoms with Crippen LogP contribution in [0.2, 0.25) is 0 Å². The second kappa shape index (κ2) is 7.99. The van der Waals surface area contributed by atoms with Gasteiger partial charge in [-0.3, -0.25) is 4.68 Å². The predicted molar refractivity (Wildman–Crippen MR) is 139 cm³/mol. The number of nitrogens with zero attached hydrogens (tertiary/aromatic N) is 4. The number of pyridine rings is 1. The number of furan rings is 1. The minimum Gasteiger partial charge on any atom is -0.464 e. The molecule has 7 nitrogen and oxygen atoms in total. The van der Waals surface area contributed by atoms with Gasteiger partial charge in [-0.25, -0.2) is 9.97 Å². The third kappa shape index (κ3) is 3.58. The second-order valence-corrected chi connectivity index (χ2v) is 8.80. The third-order valence-electron chi connectivity index (χ3n) is 6.41. The van der Waals surface area contributed by atoms with Crippen LogP contribution in [0, 0.1) is 6.92 Å². The van der Waals surface area contributed by atoms with E-state index in [9.17, 15) is 0 Å². The van der Waals surface area contributed by atoms with Gasteiger partial charge in [-0.05, 0) is 59.8 Å². The number of rotatable bonds is 4. The molecule has 0 spiro atoms. The van der Waals surface area contributed by atoms with Gasteiger partial charge in [0.25, 0.3) is 0 Å². The smallest absolute Gasteiger partial charge is 0.181 e. The highest BCUT2D eigenvalue weighted by Gasteiger charge is 2.26. The highest BCUT2D eigenvalue weighted by atomic mass is 16.3. The summed E-state index contributed by atoms with van der Waals surface area (Å²) in [6.07, 6.45) is 1.77. The van der Waals surface area contributed by atoms with Crippen LogP contribution in [0.3, 0.4) is 0 Å². The Kier molecular flexibility index (Phi) is 4.77. The SMILES string of the molecule is Cc1coc2ccc(C(c3cc4cc(N)ccc4c(N)n3)c3nc(-c4ccccc4)nn3C)cc12. The van der Waals surface area contributed by atoms with Crippen molar-refractivity contribution in [2.24, 2.45) is 7.05 Å². The molecule has 0 radical (unpaired) electrons. The minimum absolute atomic E-state index is 0.309. The number of anilines is 2. The molecule has 3 heterocycles. The third-order valence-corrected chi connectivity index (χ3v) is 6.41. The zero-order valence-electron chi connectivity index (χ0n) is 19.4. The van der Waals surface area contributed by atoms with Gasteiger partial charge in [0.05, 0.1) is 17.9 Å². The summed E-state index contributed by atoms with van der Waals surface area (Å²) in [6.45, 7) is 2.04. The number of hydrogen-bond donors (Lipinski definition) is 2. The van der Waals surface area contributed by atoms with Gasteiger partial charge in [0.2, 0.25) is 0 Å². The summed E-state index contributed by atoms with van der Waals surface area (Å²) in [6, 6.07) is 23.8. The van der Waals surface area contributed by atoms with Crippen LogP contribution >= 0.6 is 0 Å². The Labute approximate surface area is 202 Å². The molecule has 35 heavy (non-hydrogen) atoms. The van der Waals surface area contributed by atoms with Crippen LogP contribution in [0.25, 0.3) is 33.1 Å². The van der Waals surface area contributed by atoms with E-state index in [-0.39, 0.29) is 5.92 Å². The standard InChI is InChI=1S/C28H24N6O/c1-16-15-35-24-11-8-18(13-22(16)24)25(23-14-19-12-20(29)9-10-21(19)26(30)31-23)28-32-27(33-34(28)2)17-6-4-3-5-7-17/h3-15,25H,29H2,1-2H3,(H2,30,31). The van der Waals surface area contributed by atoms with E-state index in [0.717, 1.165) is 50.0 Å². The first-order valence-electron chi connectivity index (χ1n) is 11.4. The topological polar surface area (TPSA) is 109 Å². The Morgan fingerprint density at radius 2 is 1.71 bits per heavy atom. The normalized spacial score (nSPS) is 12.4. The Bertz CT molecular complexity index is 1700. The molecule has 0 saturated heterocycles. The minimum atomic E-state index is -0.309. The van der Waals surface area contributed by atoms with Crippen LogP contribution in [0.15, 0.2) is 83.5 Å². The molecule has 0 bridgehead atoms. The number of hydrogen-bond acceptors (Lipinski definition) is 6. The lowest BCUT2D eigenvalue weighted by atomic mass is 9.91. The van der Waals surface area contributed by atoms with Crippen LogP contribution in [0.5, 0.6) is 0 Å². The predicted octanol–water partition coefficient (Wildman–Crippen LogP) is 5.43. The molecule has 3 aromatic heterocycles. The van der Waals surface area contributed by atoms with Gasteiger partial charge in [0, 0.05) is 29.1 Å². The van der Waals surface area contributed by atoms with Crippen LogP contribution in [0.1, 0.15) is 28.6 Å². The van der Waals surface area contributed by atoms with Gasteiger partial charge in [-0.2, -0.15) is 5.10 Å². The fourth-order valence-corrected chi connectivity index (χ4v) is 4.64. The number of aromatic nitrogens is 4.